The molecule has 0 aliphatic carbocycles. The monoisotopic (exact) mass is 166 g/mol. The van der Waals surface area contributed by atoms with Crippen LogP contribution in [0.25, 0.3) is 0 Å². The van der Waals surface area contributed by atoms with E-state index in [1.807, 2.05) is 6.92 Å². The number of hydrogen-bond donors (Lipinski definition) is 2. The fraction of sp³-hybridized carbons (Fsp3) is 0.375. The molecule has 0 saturated carbocycles. The van der Waals surface area contributed by atoms with E-state index in [2.05, 4.69) is 0 Å². The molecule has 2 N–H and O–H groups in total. The number of aromatic nitrogens is 1. The molecule has 0 atom stereocenters. The first-order valence-electron chi connectivity index (χ1n) is 3.71. The Kier molecular flexibility index (Phi) is 2.24. The van der Waals surface area contributed by atoms with E-state index in [1.165, 1.54) is 10.8 Å². The summed E-state index contributed by atoms with van der Waals surface area (Å²) in [5.74, 6) is -0.319. The fourth-order valence-corrected chi connectivity index (χ4v) is 1.05. The molecule has 0 aliphatic rings. The second kappa shape index (κ2) is 3.18. The van der Waals surface area contributed by atoms with Crippen molar-refractivity contribution >= 4 is 0 Å². The summed E-state index contributed by atoms with van der Waals surface area (Å²) in [7, 11) is 0. The van der Waals surface area contributed by atoms with E-state index in [9.17, 15) is 5.11 Å². The first-order valence-corrected chi connectivity index (χ1v) is 3.71. The standard InChI is InChI=1S/C8H10N2O2/c1-2-3-10-5-7(11)6(4-9)8(10)12/h5,11-12H,2-3H2,1H3. The third-order valence-corrected chi connectivity index (χ3v) is 1.61. The molecular weight excluding hydrogens is 156 g/mol. The highest BCUT2D eigenvalue weighted by molar-refractivity contribution is 5.49. The SMILES string of the molecule is CCCn1cc(O)c(C#N)c1O. The van der Waals surface area contributed by atoms with Gasteiger partial charge >= 0.3 is 0 Å². The van der Waals surface area contributed by atoms with Crippen LogP contribution in [0.1, 0.15) is 18.9 Å². The van der Waals surface area contributed by atoms with Crippen LogP contribution in [0.15, 0.2) is 6.20 Å². The van der Waals surface area contributed by atoms with Gasteiger partial charge in [0.15, 0.2) is 11.3 Å². The topological polar surface area (TPSA) is 69.2 Å². The molecule has 0 fully saturated rings. The largest absolute Gasteiger partial charge is 0.505 e. The van der Waals surface area contributed by atoms with Gasteiger partial charge in [0.2, 0.25) is 5.88 Å². The summed E-state index contributed by atoms with van der Waals surface area (Å²) >= 11 is 0. The van der Waals surface area contributed by atoms with Gasteiger partial charge in [-0.25, -0.2) is 0 Å². The van der Waals surface area contributed by atoms with Crippen LogP contribution < -0.4 is 0 Å². The second-order valence-corrected chi connectivity index (χ2v) is 2.52. The van der Waals surface area contributed by atoms with E-state index in [1.54, 1.807) is 6.07 Å². The van der Waals surface area contributed by atoms with Crippen molar-refractivity contribution in [2.45, 2.75) is 19.9 Å². The first kappa shape index (κ1) is 8.47. The van der Waals surface area contributed by atoms with E-state index in [-0.39, 0.29) is 17.2 Å². The van der Waals surface area contributed by atoms with E-state index in [4.69, 9.17) is 10.4 Å². The minimum absolute atomic E-state index is 0.0524. The number of nitrogens with zero attached hydrogens (tertiary/aromatic N) is 2. The number of hydrogen-bond acceptors (Lipinski definition) is 3. The molecule has 4 heteroatoms. The minimum atomic E-state index is -0.163. The third-order valence-electron chi connectivity index (χ3n) is 1.61. The van der Waals surface area contributed by atoms with Gasteiger partial charge in [0, 0.05) is 6.54 Å². The van der Waals surface area contributed by atoms with E-state index in [0.717, 1.165) is 6.42 Å². The predicted molar refractivity (Wildman–Crippen MR) is 42.8 cm³/mol. The molecule has 0 saturated heterocycles. The zero-order valence-electron chi connectivity index (χ0n) is 6.78. The Bertz CT molecular complexity index is 323. The van der Waals surface area contributed by atoms with Gasteiger partial charge in [0.05, 0.1) is 6.20 Å². The average Bonchev–Trinajstić information content (AvgIpc) is 2.29. The van der Waals surface area contributed by atoms with Gasteiger partial charge in [-0.05, 0) is 6.42 Å². The molecule has 0 aromatic carbocycles. The lowest BCUT2D eigenvalue weighted by molar-refractivity contribution is 0.414. The van der Waals surface area contributed by atoms with Crippen LogP contribution in [0.2, 0.25) is 0 Å². The molecule has 0 aliphatic heterocycles. The molecule has 12 heavy (non-hydrogen) atoms. The van der Waals surface area contributed by atoms with E-state index >= 15 is 0 Å². The third kappa shape index (κ3) is 1.21. The van der Waals surface area contributed by atoms with Crippen LogP contribution in [-0.4, -0.2) is 14.8 Å². The highest BCUT2D eigenvalue weighted by Crippen LogP contribution is 2.28. The van der Waals surface area contributed by atoms with Crippen LogP contribution in [0.4, 0.5) is 0 Å². The van der Waals surface area contributed by atoms with Crippen LogP contribution in [-0.2, 0) is 6.54 Å². The Labute approximate surface area is 70.3 Å². The van der Waals surface area contributed by atoms with E-state index in [0.29, 0.717) is 6.54 Å². The number of aryl methyl sites for hydroxylation is 1. The Morgan fingerprint density at radius 2 is 2.25 bits per heavy atom. The number of aromatic hydroxyl groups is 2. The molecule has 0 unspecified atom stereocenters. The highest BCUT2D eigenvalue weighted by Gasteiger charge is 2.12. The maximum absolute atomic E-state index is 9.32. The lowest BCUT2D eigenvalue weighted by atomic mass is 10.3. The van der Waals surface area contributed by atoms with Gasteiger partial charge < -0.3 is 14.8 Å². The summed E-state index contributed by atoms with van der Waals surface area (Å²) in [6.45, 7) is 2.55. The molecule has 0 spiro atoms. The minimum Gasteiger partial charge on any atom is -0.505 e. The molecule has 1 aromatic heterocycles. The molecule has 4 nitrogen and oxygen atoms in total. The Balaban J connectivity index is 3.10. The predicted octanol–water partition coefficient (Wildman–Crippen LogP) is 1.18. The summed E-state index contributed by atoms with van der Waals surface area (Å²) in [5, 5.41) is 27.0. The Morgan fingerprint density at radius 3 is 2.67 bits per heavy atom. The van der Waals surface area contributed by atoms with Crippen molar-refractivity contribution in [1.82, 2.24) is 4.57 Å². The lowest BCUT2D eigenvalue weighted by Gasteiger charge is -1.99. The van der Waals surface area contributed by atoms with Crippen molar-refractivity contribution in [2.24, 2.45) is 0 Å². The van der Waals surface area contributed by atoms with Crippen LogP contribution >= 0.6 is 0 Å². The van der Waals surface area contributed by atoms with Crippen LogP contribution in [0.3, 0.4) is 0 Å². The van der Waals surface area contributed by atoms with Gasteiger partial charge in [-0.15, -0.1) is 0 Å². The van der Waals surface area contributed by atoms with Gasteiger partial charge in [-0.1, -0.05) is 6.92 Å². The molecule has 1 aromatic rings. The van der Waals surface area contributed by atoms with Crippen molar-refractivity contribution in [2.75, 3.05) is 0 Å². The number of rotatable bonds is 2. The summed E-state index contributed by atoms with van der Waals surface area (Å²) < 4.78 is 1.45. The molecule has 0 radical (unpaired) electrons. The molecule has 0 amide bonds. The zero-order valence-corrected chi connectivity index (χ0v) is 6.78. The van der Waals surface area contributed by atoms with Crippen LogP contribution in [0, 0.1) is 11.3 Å². The molecular formula is C8H10N2O2. The van der Waals surface area contributed by atoms with Crippen molar-refractivity contribution in [3.8, 4) is 17.7 Å². The first-order chi connectivity index (χ1) is 5.70. The van der Waals surface area contributed by atoms with Crippen molar-refractivity contribution in [3.63, 3.8) is 0 Å². The molecule has 1 rings (SSSR count). The Hall–Kier alpha value is -1.63. The average molecular weight is 166 g/mol. The summed E-state index contributed by atoms with van der Waals surface area (Å²) in [6, 6.07) is 1.72. The van der Waals surface area contributed by atoms with E-state index < -0.39 is 0 Å². The fourth-order valence-electron chi connectivity index (χ4n) is 1.05. The van der Waals surface area contributed by atoms with Crippen LogP contribution in [0.5, 0.6) is 11.6 Å². The van der Waals surface area contributed by atoms with Gasteiger partial charge in [-0.3, -0.25) is 0 Å². The van der Waals surface area contributed by atoms with Gasteiger partial charge in [0.1, 0.15) is 6.07 Å². The van der Waals surface area contributed by atoms with Crippen molar-refractivity contribution in [3.05, 3.63) is 11.8 Å². The summed E-state index contributed by atoms with van der Waals surface area (Å²) in [4.78, 5) is 0. The highest BCUT2D eigenvalue weighted by atomic mass is 16.3. The maximum atomic E-state index is 9.32. The smallest absolute Gasteiger partial charge is 0.213 e. The van der Waals surface area contributed by atoms with Gasteiger partial charge in [-0.2, -0.15) is 5.26 Å². The molecule has 1 heterocycles. The normalized spacial score (nSPS) is 9.67. The summed E-state index contributed by atoms with van der Waals surface area (Å²) in [5.41, 5.74) is -0.0524. The van der Waals surface area contributed by atoms with Crippen molar-refractivity contribution in [1.29, 1.82) is 5.26 Å². The second-order valence-electron chi connectivity index (χ2n) is 2.52. The lowest BCUT2D eigenvalue weighted by Crippen LogP contribution is -1.92. The quantitative estimate of drug-likeness (QED) is 0.693. The number of nitriles is 1. The Morgan fingerprint density at radius 1 is 1.58 bits per heavy atom. The van der Waals surface area contributed by atoms with Gasteiger partial charge in [0.25, 0.3) is 0 Å². The summed E-state index contributed by atoms with van der Waals surface area (Å²) in [6.07, 6.45) is 2.20. The maximum Gasteiger partial charge on any atom is 0.213 e. The molecule has 64 valence electrons. The van der Waals surface area contributed by atoms with Crippen molar-refractivity contribution < 1.29 is 10.2 Å². The molecule has 0 bridgehead atoms. The zero-order chi connectivity index (χ0) is 9.14.